The topological polar surface area (TPSA) is 33.3 Å². The van der Waals surface area contributed by atoms with Crippen molar-refractivity contribution in [3.63, 3.8) is 0 Å². The maximum absolute atomic E-state index is 5.17. The summed E-state index contributed by atoms with van der Waals surface area (Å²) in [7, 11) is 1.68. The van der Waals surface area contributed by atoms with Crippen molar-refractivity contribution >= 4 is 5.69 Å². The van der Waals surface area contributed by atoms with Crippen molar-refractivity contribution in [3.05, 3.63) is 59.7 Å². The highest BCUT2D eigenvalue weighted by atomic mass is 16.5. The molecular weight excluding hydrogens is 224 g/mol. The molecule has 1 aliphatic rings. The Labute approximate surface area is 107 Å². The fourth-order valence-corrected chi connectivity index (χ4v) is 2.23. The molecule has 0 saturated carbocycles. The second-order valence-corrected chi connectivity index (χ2v) is 4.39. The van der Waals surface area contributed by atoms with Crippen molar-refractivity contribution in [2.45, 2.75) is 12.7 Å². The zero-order valence-electron chi connectivity index (χ0n) is 10.3. The van der Waals surface area contributed by atoms with Crippen LogP contribution in [0.1, 0.15) is 17.3 Å². The molecule has 2 aromatic rings. The zero-order chi connectivity index (χ0) is 12.4. The summed E-state index contributed by atoms with van der Waals surface area (Å²) in [5.74, 6) is 0.884. The second-order valence-electron chi connectivity index (χ2n) is 4.39. The molecule has 0 radical (unpaired) electrons. The van der Waals surface area contributed by atoms with E-state index < -0.39 is 0 Å². The molecule has 0 aromatic heterocycles. The van der Waals surface area contributed by atoms with Crippen molar-refractivity contribution in [2.75, 3.05) is 12.4 Å². The van der Waals surface area contributed by atoms with Crippen LogP contribution in [0.5, 0.6) is 5.75 Å². The van der Waals surface area contributed by atoms with E-state index in [1.165, 1.54) is 16.8 Å². The van der Waals surface area contributed by atoms with Crippen LogP contribution < -0.4 is 15.4 Å². The highest BCUT2D eigenvalue weighted by molar-refractivity contribution is 5.54. The fourth-order valence-electron chi connectivity index (χ4n) is 2.23. The van der Waals surface area contributed by atoms with E-state index in [1.54, 1.807) is 7.11 Å². The Morgan fingerprint density at radius 2 is 1.83 bits per heavy atom. The van der Waals surface area contributed by atoms with Crippen LogP contribution in [0.4, 0.5) is 5.69 Å². The summed E-state index contributed by atoms with van der Waals surface area (Å²) in [4.78, 5) is 0. The molecule has 92 valence electrons. The van der Waals surface area contributed by atoms with Gasteiger partial charge in [-0.15, -0.1) is 0 Å². The highest BCUT2D eigenvalue weighted by Gasteiger charge is 2.17. The molecule has 3 heteroatoms. The molecule has 1 heterocycles. The number of rotatable bonds is 2. The first-order chi connectivity index (χ1) is 8.86. The SMILES string of the molecule is COc1ccc([C@H]2NCc3ccccc3N2)cc1. The molecule has 18 heavy (non-hydrogen) atoms. The summed E-state index contributed by atoms with van der Waals surface area (Å²) in [6, 6.07) is 16.5. The number of benzene rings is 2. The third-order valence-corrected chi connectivity index (χ3v) is 3.26. The minimum absolute atomic E-state index is 0.158. The Morgan fingerprint density at radius 3 is 2.61 bits per heavy atom. The first kappa shape index (κ1) is 11.1. The van der Waals surface area contributed by atoms with E-state index in [1.807, 2.05) is 12.1 Å². The van der Waals surface area contributed by atoms with Gasteiger partial charge in [-0.3, -0.25) is 5.32 Å². The molecule has 2 aromatic carbocycles. The Morgan fingerprint density at radius 1 is 1.06 bits per heavy atom. The van der Waals surface area contributed by atoms with Crippen LogP contribution in [0.2, 0.25) is 0 Å². The predicted molar refractivity (Wildman–Crippen MR) is 72.6 cm³/mol. The number of nitrogens with one attached hydrogen (secondary N) is 2. The molecule has 0 fully saturated rings. The number of ether oxygens (including phenoxy) is 1. The van der Waals surface area contributed by atoms with Crippen LogP contribution >= 0.6 is 0 Å². The van der Waals surface area contributed by atoms with Crippen LogP contribution in [0.25, 0.3) is 0 Å². The van der Waals surface area contributed by atoms with Gasteiger partial charge in [0.25, 0.3) is 0 Å². The maximum Gasteiger partial charge on any atom is 0.118 e. The summed E-state index contributed by atoms with van der Waals surface area (Å²) < 4.78 is 5.17. The molecule has 0 bridgehead atoms. The lowest BCUT2D eigenvalue weighted by Crippen LogP contribution is -2.32. The minimum atomic E-state index is 0.158. The largest absolute Gasteiger partial charge is 0.497 e. The van der Waals surface area contributed by atoms with Gasteiger partial charge in [0.05, 0.1) is 7.11 Å². The van der Waals surface area contributed by atoms with Gasteiger partial charge in [-0.05, 0) is 29.3 Å². The van der Waals surface area contributed by atoms with Crippen molar-refractivity contribution in [3.8, 4) is 5.75 Å². The van der Waals surface area contributed by atoms with Gasteiger partial charge in [0, 0.05) is 12.2 Å². The van der Waals surface area contributed by atoms with Gasteiger partial charge in [0.15, 0.2) is 0 Å². The number of fused-ring (bicyclic) bond motifs is 1. The van der Waals surface area contributed by atoms with Crippen LogP contribution in [0, 0.1) is 0 Å². The number of methoxy groups -OCH3 is 1. The average molecular weight is 240 g/mol. The average Bonchev–Trinajstić information content (AvgIpc) is 2.47. The summed E-state index contributed by atoms with van der Waals surface area (Å²) in [5, 5.41) is 6.98. The molecule has 0 amide bonds. The third kappa shape index (κ3) is 2.05. The van der Waals surface area contributed by atoms with Crippen molar-refractivity contribution in [2.24, 2.45) is 0 Å². The van der Waals surface area contributed by atoms with Crippen LogP contribution in [-0.4, -0.2) is 7.11 Å². The van der Waals surface area contributed by atoms with Gasteiger partial charge in [0.1, 0.15) is 11.9 Å². The van der Waals surface area contributed by atoms with E-state index in [0.29, 0.717) is 0 Å². The van der Waals surface area contributed by atoms with E-state index in [2.05, 4.69) is 47.0 Å². The van der Waals surface area contributed by atoms with Gasteiger partial charge in [-0.25, -0.2) is 0 Å². The lowest BCUT2D eigenvalue weighted by Gasteiger charge is -2.28. The predicted octanol–water partition coefficient (Wildman–Crippen LogP) is 2.91. The van der Waals surface area contributed by atoms with Gasteiger partial charge in [0.2, 0.25) is 0 Å². The number of para-hydroxylation sites is 1. The van der Waals surface area contributed by atoms with Gasteiger partial charge in [-0.1, -0.05) is 30.3 Å². The Bertz CT molecular complexity index is 536. The molecule has 0 unspecified atom stereocenters. The lowest BCUT2D eigenvalue weighted by atomic mass is 10.1. The smallest absolute Gasteiger partial charge is 0.118 e. The summed E-state index contributed by atoms with van der Waals surface area (Å²) in [6.45, 7) is 0.889. The first-order valence-corrected chi connectivity index (χ1v) is 6.08. The molecular formula is C15H16N2O. The summed E-state index contributed by atoms with van der Waals surface area (Å²) >= 11 is 0. The van der Waals surface area contributed by atoms with Crippen LogP contribution in [0.15, 0.2) is 48.5 Å². The zero-order valence-corrected chi connectivity index (χ0v) is 10.3. The Hall–Kier alpha value is -2.00. The monoisotopic (exact) mass is 240 g/mol. The van der Waals surface area contributed by atoms with Crippen molar-refractivity contribution in [1.82, 2.24) is 5.32 Å². The summed E-state index contributed by atoms with van der Waals surface area (Å²) in [6.07, 6.45) is 0.158. The number of hydrogen-bond acceptors (Lipinski definition) is 3. The molecule has 1 aliphatic heterocycles. The molecule has 0 spiro atoms. The molecule has 0 saturated heterocycles. The quantitative estimate of drug-likeness (QED) is 0.846. The van der Waals surface area contributed by atoms with Gasteiger partial charge >= 0.3 is 0 Å². The maximum atomic E-state index is 5.17. The third-order valence-electron chi connectivity index (χ3n) is 3.26. The standard InChI is InChI=1S/C15H16N2O/c1-18-13-8-6-11(7-9-13)15-16-10-12-4-2-3-5-14(12)17-15/h2-9,15-17H,10H2,1H3/t15-/m0/s1. The van der Waals surface area contributed by atoms with E-state index in [0.717, 1.165) is 12.3 Å². The van der Waals surface area contributed by atoms with Gasteiger partial charge < -0.3 is 10.1 Å². The first-order valence-electron chi connectivity index (χ1n) is 6.08. The van der Waals surface area contributed by atoms with E-state index in [4.69, 9.17) is 4.74 Å². The van der Waals surface area contributed by atoms with E-state index in [-0.39, 0.29) is 6.17 Å². The number of hydrogen-bond donors (Lipinski definition) is 2. The molecule has 2 N–H and O–H groups in total. The molecule has 1 atom stereocenters. The van der Waals surface area contributed by atoms with Crippen molar-refractivity contribution in [1.29, 1.82) is 0 Å². The van der Waals surface area contributed by atoms with E-state index >= 15 is 0 Å². The number of anilines is 1. The highest BCUT2D eigenvalue weighted by Crippen LogP contribution is 2.26. The van der Waals surface area contributed by atoms with E-state index in [9.17, 15) is 0 Å². The molecule has 3 nitrogen and oxygen atoms in total. The van der Waals surface area contributed by atoms with Crippen LogP contribution in [-0.2, 0) is 6.54 Å². The minimum Gasteiger partial charge on any atom is -0.497 e. The van der Waals surface area contributed by atoms with Gasteiger partial charge in [-0.2, -0.15) is 0 Å². The molecule has 3 rings (SSSR count). The van der Waals surface area contributed by atoms with Crippen molar-refractivity contribution < 1.29 is 4.74 Å². The Kier molecular flexibility index (Phi) is 2.90. The van der Waals surface area contributed by atoms with Crippen LogP contribution in [0.3, 0.4) is 0 Å². The Balaban J connectivity index is 1.82. The molecule has 0 aliphatic carbocycles. The summed E-state index contributed by atoms with van der Waals surface area (Å²) in [5.41, 5.74) is 3.73. The normalized spacial score (nSPS) is 17.7. The second kappa shape index (κ2) is 4.70. The lowest BCUT2D eigenvalue weighted by molar-refractivity contribution is 0.414. The fraction of sp³-hybridized carbons (Fsp3) is 0.200.